The van der Waals surface area contributed by atoms with Crippen molar-refractivity contribution in [3.63, 3.8) is 0 Å². The maximum atomic E-state index is 12.9. The van der Waals surface area contributed by atoms with Gasteiger partial charge in [0.15, 0.2) is 0 Å². The van der Waals surface area contributed by atoms with Crippen LogP contribution in [0.15, 0.2) is 48.7 Å². The van der Waals surface area contributed by atoms with Gasteiger partial charge in [0.2, 0.25) is 5.91 Å². The van der Waals surface area contributed by atoms with E-state index in [4.69, 9.17) is 15.2 Å². The highest BCUT2D eigenvalue weighted by molar-refractivity contribution is 6.04. The molecule has 5 N–H and O–H groups in total. The molecule has 0 aliphatic carbocycles. The van der Waals surface area contributed by atoms with Crippen molar-refractivity contribution in [2.75, 3.05) is 56.7 Å². The molecule has 0 unspecified atom stereocenters. The number of carbonyl (C=O) groups is 2. The fourth-order valence-electron chi connectivity index (χ4n) is 4.25. The van der Waals surface area contributed by atoms with E-state index >= 15 is 0 Å². The number of pyridine rings is 1. The van der Waals surface area contributed by atoms with Crippen LogP contribution in [0.1, 0.15) is 23.3 Å². The van der Waals surface area contributed by atoms with Crippen molar-refractivity contribution < 1.29 is 19.1 Å². The number of methoxy groups -OCH3 is 1. The molecule has 0 radical (unpaired) electrons. The van der Waals surface area contributed by atoms with E-state index < -0.39 is 0 Å². The Hall–Kier alpha value is -3.96. The zero-order valence-corrected chi connectivity index (χ0v) is 20.9. The summed E-state index contributed by atoms with van der Waals surface area (Å²) in [5.74, 6) is 0.258. The van der Waals surface area contributed by atoms with Crippen molar-refractivity contribution in [2.45, 2.75) is 12.8 Å². The van der Waals surface area contributed by atoms with Gasteiger partial charge in [-0.2, -0.15) is 5.10 Å². The van der Waals surface area contributed by atoms with Gasteiger partial charge in [0.05, 0.1) is 37.4 Å². The van der Waals surface area contributed by atoms with E-state index in [2.05, 4.69) is 30.7 Å². The number of nitrogens with zero attached hydrogens (tertiary/aromatic N) is 3. The van der Waals surface area contributed by atoms with Gasteiger partial charge in [0.25, 0.3) is 5.91 Å². The van der Waals surface area contributed by atoms with Gasteiger partial charge in [-0.3, -0.25) is 14.7 Å². The number of rotatable bonds is 11. The number of nitrogens with two attached hydrogens (primary N) is 1. The van der Waals surface area contributed by atoms with Crippen LogP contribution in [0.3, 0.4) is 0 Å². The Kier molecular flexibility index (Phi) is 9.06. The normalized spacial score (nSPS) is 13.8. The van der Waals surface area contributed by atoms with E-state index in [0.717, 1.165) is 37.3 Å². The second kappa shape index (κ2) is 12.8. The average Bonchev–Trinajstić information content (AvgIpc) is 3.48. The number of anilines is 2. The molecule has 37 heavy (non-hydrogen) atoms. The number of ether oxygens (including phenoxy) is 2. The van der Waals surface area contributed by atoms with E-state index in [9.17, 15) is 9.59 Å². The fraction of sp³-hybridized carbons (Fsp3) is 0.385. The molecule has 1 aliphatic heterocycles. The van der Waals surface area contributed by atoms with Crippen LogP contribution >= 0.6 is 0 Å². The average molecular weight is 508 g/mol. The monoisotopic (exact) mass is 507 g/mol. The molecule has 1 aromatic carbocycles. The third-order valence-corrected chi connectivity index (χ3v) is 6.23. The SMILES string of the molecule is COc1cc(N2CCC(C(=O)NCCOCCN)CC2)ccc1NC(=O)c1cccc(-c2ccn[nH]2)n1. The molecule has 2 aromatic heterocycles. The molecular formula is C26H33N7O4. The predicted octanol–water partition coefficient (Wildman–Crippen LogP) is 2.04. The molecular weight excluding hydrogens is 474 g/mol. The van der Waals surface area contributed by atoms with E-state index in [1.807, 2.05) is 24.3 Å². The lowest BCUT2D eigenvalue weighted by molar-refractivity contribution is -0.125. The number of H-pyrrole nitrogens is 1. The highest BCUT2D eigenvalue weighted by Gasteiger charge is 2.25. The van der Waals surface area contributed by atoms with Crippen LogP contribution < -0.4 is 26.0 Å². The third-order valence-electron chi connectivity index (χ3n) is 6.23. The van der Waals surface area contributed by atoms with Crippen LogP contribution in [0.2, 0.25) is 0 Å². The van der Waals surface area contributed by atoms with Crippen molar-refractivity contribution in [3.8, 4) is 17.1 Å². The topological polar surface area (TPSA) is 147 Å². The molecule has 11 nitrogen and oxygen atoms in total. The Balaban J connectivity index is 1.33. The highest BCUT2D eigenvalue weighted by atomic mass is 16.5. The molecule has 1 fully saturated rings. The number of nitrogens with one attached hydrogen (secondary N) is 3. The first-order valence-corrected chi connectivity index (χ1v) is 12.4. The number of hydrogen-bond acceptors (Lipinski definition) is 8. The molecule has 4 rings (SSSR count). The van der Waals surface area contributed by atoms with Gasteiger partial charge < -0.3 is 30.7 Å². The summed E-state index contributed by atoms with van der Waals surface area (Å²) in [7, 11) is 1.57. The van der Waals surface area contributed by atoms with Gasteiger partial charge in [-0.05, 0) is 43.2 Å². The van der Waals surface area contributed by atoms with Crippen LogP contribution in [0, 0.1) is 5.92 Å². The minimum atomic E-state index is -0.340. The third kappa shape index (κ3) is 6.83. The van der Waals surface area contributed by atoms with Crippen LogP contribution in [0.25, 0.3) is 11.4 Å². The Bertz CT molecular complexity index is 1180. The van der Waals surface area contributed by atoms with Crippen molar-refractivity contribution >= 4 is 23.2 Å². The quantitative estimate of drug-likeness (QED) is 0.288. The molecule has 1 saturated heterocycles. The summed E-state index contributed by atoms with van der Waals surface area (Å²) in [6.07, 6.45) is 3.15. The van der Waals surface area contributed by atoms with Crippen LogP contribution in [-0.4, -0.2) is 73.5 Å². The molecule has 0 spiro atoms. The maximum absolute atomic E-state index is 12.9. The molecule has 0 atom stereocenters. The number of piperidine rings is 1. The van der Waals surface area contributed by atoms with Crippen LogP contribution in [0.4, 0.5) is 11.4 Å². The summed E-state index contributed by atoms with van der Waals surface area (Å²) < 4.78 is 10.9. The first-order chi connectivity index (χ1) is 18.1. The van der Waals surface area contributed by atoms with E-state index in [1.165, 1.54) is 0 Å². The van der Waals surface area contributed by atoms with Gasteiger partial charge in [-0.1, -0.05) is 6.07 Å². The number of aromatic amines is 1. The molecule has 1 aliphatic rings. The predicted molar refractivity (Wildman–Crippen MR) is 141 cm³/mol. The minimum absolute atomic E-state index is 0.0174. The van der Waals surface area contributed by atoms with Gasteiger partial charge in [-0.15, -0.1) is 0 Å². The number of amides is 2. The smallest absolute Gasteiger partial charge is 0.274 e. The van der Waals surface area contributed by atoms with E-state index in [-0.39, 0.29) is 23.4 Å². The van der Waals surface area contributed by atoms with Crippen molar-refractivity contribution in [1.82, 2.24) is 20.5 Å². The summed E-state index contributed by atoms with van der Waals surface area (Å²) in [5, 5.41) is 12.6. The summed E-state index contributed by atoms with van der Waals surface area (Å²) >= 11 is 0. The summed E-state index contributed by atoms with van der Waals surface area (Å²) in [6.45, 7) is 3.43. The van der Waals surface area contributed by atoms with E-state index in [1.54, 1.807) is 31.5 Å². The Morgan fingerprint density at radius 3 is 2.73 bits per heavy atom. The van der Waals surface area contributed by atoms with Gasteiger partial charge >= 0.3 is 0 Å². The van der Waals surface area contributed by atoms with Crippen LogP contribution in [0.5, 0.6) is 5.75 Å². The number of aromatic nitrogens is 3. The minimum Gasteiger partial charge on any atom is -0.494 e. The first kappa shape index (κ1) is 26.1. The Labute approximate surface area is 215 Å². The second-order valence-corrected chi connectivity index (χ2v) is 8.67. The first-order valence-electron chi connectivity index (χ1n) is 12.4. The molecule has 0 saturated carbocycles. The number of carbonyl (C=O) groups excluding carboxylic acids is 2. The van der Waals surface area contributed by atoms with Gasteiger partial charge in [0, 0.05) is 50.0 Å². The zero-order valence-electron chi connectivity index (χ0n) is 20.9. The molecule has 196 valence electrons. The molecule has 11 heteroatoms. The Morgan fingerprint density at radius 1 is 1.16 bits per heavy atom. The summed E-state index contributed by atoms with van der Waals surface area (Å²) in [6, 6.07) is 12.7. The highest BCUT2D eigenvalue weighted by Crippen LogP contribution is 2.32. The largest absolute Gasteiger partial charge is 0.494 e. The molecule has 3 heterocycles. The van der Waals surface area contributed by atoms with Crippen molar-refractivity contribution in [3.05, 3.63) is 54.4 Å². The van der Waals surface area contributed by atoms with Crippen molar-refractivity contribution in [1.29, 1.82) is 0 Å². The molecule has 3 aromatic rings. The van der Waals surface area contributed by atoms with Crippen molar-refractivity contribution in [2.24, 2.45) is 11.7 Å². The fourth-order valence-corrected chi connectivity index (χ4v) is 4.25. The van der Waals surface area contributed by atoms with Gasteiger partial charge in [0.1, 0.15) is 11.4 Å². The Morgan fingerprint density at radius 2 is 2.00 bits per heavy atom. The van der Waals surface area contributed by atoms with E-state index in [0.29, 0.717) is 43.4 Å². The second-order valence-electron chi connectivity index (χ2n) is 8.67. The standard InChI is InChI=1S/C26H33N7O4/c1-36-24-17-19(33-13-8-18(9-14-33)25(34)28-12-16-37-15-10-27)5-6-22(24)31-26(35)23-4-2-3-20(30-23)21-7-11-29-32-21/h2-7,11,17-18H,8-10,12-16,27H2,1H3,(H,28,34)(H,29,32)(H,31,35). The lowest BCUT2D eigenvalue weighted by Gasteiger charge is -2.33. The maximum Gasteiger partial charge on any atom is 0.274 e. The lowest BCUT2D eigenvalue weighted by atomic mass is 9.95. The summed E-state index contributed by atoms with van der Waals surface area (Å²) in [5.41, 5.74) is 8.56. The zero-order chi connectivity index (χ0) is 26.0. The molecule has 0 bridgehead atoms. The lowest BCUT2D eigenvalue weighted by Crippen LogP contribution is -2.41. The number of benzene rings is 1. The molecule has 2 amide bonds. The van der Waals surface area contributed by atoms with Crippen LogP contribution in [-0.2, 0) is 9.53 Å². The summed E-state index contributed by atoms with van der Waals surface area (Å²) in [4.78, 5) is 32.0. The number of hydrogen-bond donors (Lipinski definition) is 4. The van der Waals surface area contributed by atoms with Gasteiger partial charge in [-0.25, -0.2) is 4.98 Å².